The van der Waals surface area contributed by atoms with Gasteiger partial charge in [0.2, 0.25) is 10.0 Å². The molecule has 0 bridgehead atoms. The molecule has 2 N–H and O–H groups in total. The molecule has 6 nitrogen and oxygen atoms in total. The summed E-state index contributed by atoms with van der Waals surface area (Å²) in [5, 5.41) is -5.30. The first-order valence-electron chi connectivity index (χ1n) is 10.1. The lowest BCUT2D eigenvalue weighted by Gasteiger charge is -2.36. The SMILES string of the molecule is CCC(F)(CC1CCCC(C2CCC(C(F)(CC)S(=O)(=O)O)C2)C1)S(=O)(=O)O. The van der Waals surface area contributed by atoms with Crippen LogP contribution in [-0.4, -0.2) is 35.9 Å². The second-order valence-electron chi connectivity index (χ2n) is 8.59. The van der Waals surface area contributed by atoms with Gasteiger partial charge in [-0.05, 0) is 56.3 Å². The summed E-state index contributed by atoms with van der Waals surface area (Å²) >= 11 is 0. The van der Waals surface area contributed by atoms with E-state index in [1.165, 1.54) is 13.8 Å². The molecule has 2 aliphatic rings. The van der Waals surface area contributed by atoms with E-state index in [0.717, 1.165) is 12.8 Å². The van der Waals surface area contributed by atoms with Crippen LogP contribution in [0.1, 0.15) is 78.1 Å². The van der Waals surface area contributed by atoms with Gasteiger partial charge in [0.1, 0.15) is 0 Å². The Morgan fingerprint density at radius 3 is 1.96 bits per heavy atom. The van der Waals surface area contributed by atoms with Crippen molar-refractivity contribution in [3.63, 3.8) is 0 Å². The number of hydrogen-bond donors (Lipinski definition) is 2. The Labute approximate surface area is 167 Å². The van der Waals surface area contributed by atoms with Crippen LogP contribution in [0.2, 0.25) is 0 Å². The van der Waals surface area contributed by atoms with Gasteiger partial charge in [0.25, 0.3) is 10.1 Å². The van der Waals surface area contributed by atoms with Gasteiger partial charge in [0, 0.05) is 12.3 Å². The molecule has 2 rings (SSSR count). The predicted octanol–water partition coefficient (Wildman–Crippen LogP) is 4.53. The van der Waals surface area contributed by atoms with E-state index in [1.807, 2.05) is 0 Å². The number of hydrogen-bond acceptors (Lipinski definition) is 4. The highest BCUT2D eigenvalue weighted by Gasteiger charge is 2.52. The standard InChI is InChI=1S/C18H32F2O6S2/c1-3-17(19,27(21,22)23)12-13-6-5-7-14(10-13)15-8-9-16(11-15)18(20,4-2)28(24,25)26/h13-16H,3-12H2,1-2H3,(H,21,22,23)(H,24,25,26). The van der Waals surface area contributed by atoms with Gasteiger partial charge in [-0.2, -0.15) is 16.8 Å². The van der Waals surface area contributed by atoms with Crippen molar-refractivity contribution in [2.24, 2.45) is 23.7 Å². The molecule has 10 heteroatoms. The van der Waals surface area contributed by atoms with Crippen LogP contribution in [0.4, 0.5) is 8.78 Å². The van der Waals surface area contributed by atoms with Crippen LogP contribution in [-0.2, 0) is 20.2 Å². The van der Waals surface area contributed by atoms with E-state index in [9.17, 15) is 34.7 Å². The van der Waals surface area contributed by atoms with Gasteiger partial charge < -0.3 is 0 Å². The molecule has 0 radical (unpaired) electrons. The number of rotatable bonds is 8. The average Bonchev–Trinajstić information content (AvgIpc) is 3.09. The van der Waals surface area contributed by atoms with E-state index < -0.39 is 36.2 Å². The smallest absolute Gasteiger partial charge is 0.283 e. The normalized spacial score (nSPS) is 33.9. The van der Waals surface area contributed by atoms with E-state index in [1.54, 1.807) is 0 Å². The van der Waals surface area contributed by atoms with Crippen molar-refractivity contribution in [2.45, 2.75) is 88.1 Å². The van der Waals surface area contributed by atoms with Crippen molar-refractivity contribution in [1.29, 1.82) is 0 Å². The van der Waals surface area contributed by atoms with Crippen molar-refractivity contribution < 1.29 is 34.7 Å². The summed E-state index contributed by atoms with van der Waals surface area (Å²) < 4.78 is 94.3. The second-order valence-corrected chi connectivity index (χ2v) is 11.9. The summed E-state index contributed by atoms with van der Waals surface area (Å²) in [7, 11) is -9.63. The van der Waals surface area contributed by atoms with Crippen LogP contribution in [0, 0.1) is 23.7 Å². The molecule has 2 saturated carbocycles. The predicted molar refractivity (Wildman–Crippen MR) is 102 cm³/mol. The van der Waals surface area contributed by atoms with Crippen LogP contribution >= 0.6 is 0 Å². The van der Waals surface area contributed by atoms with E-state index in [-0.39, 0.29) is 37.0 Å². The maximum atomic E-state index is 15.0. The summed E-state index contributed by atoms with van der Waals surface area (Å²) in [6.45, 7) is 2.79. The van der Waals surface area contributed by atoms with Gasteiger partial charge in [-0.1, -0.05) is 33.1 Å². The third-order valence-electron chi connectivity index (χ3n) is 7.07. The lowest BCUT2D eigenvalue weighted by Crippen LogP contribution is -2.40. The Morgan fingerprint density at radius 2 is 1.46 bits per heavy atom. The topological polar surface area (TPSA) is 109 Å². The molecule has 0 heterocycles. The molecule has 166 valence electrons. The second kappa shape index (κ2) is 8.43. The highest BCUT2D eigenvalue weighted by Crippen LogP contribution is 2.50. The van der Waals surface area contributed by atoms with Crippen molar-refractivity contribution >= 4 is 20.2 Å². The van der Waals surface area contributed by atoms with Crippen LogP contribution in [0.5, 0.6) is 0 Å². The zero-order valence-electron chi connectivity index (χ0n) is 16.5. The number of halogens is 2. The Kier molecular flexibility index (Phi) is 7.21. The van der Waals surface area contributed by atoms with Crippen LogP contribution < -0.4 is 0 Å². The first-order chi connectivity index (χ1) is 12.8. The third kappa shape index (κ3) is 4.70. The van der Waals surface area contributed by atoms with Gasteiger partial charge in [-0.15, -0.1) is 0 Å². The molecule has 6 unspecified atom stereocenters. The molecule has 0 saturated heterocycles. The first kappa shape index (κ1) is 24.0. The van der Waals surface area contributed by atoms with Crippen molar-refractivity contribution in [3.05, 3.63) is 0 Å². The van der Waals surface area contributed by atoms with Gasteiger partial charge in [0.15, 0.2) is 0 Å². The fourth-order valence-corrected chi connectivity index (χ4v) is 7.14. The highest BCUT2D eigenvalue weighted by atomic mass is 32.2. The van der Waals surface area contributed by atoms with Gasteiger partial charge in [-0.25, -0.2) is 8.78 Å². The molecule has 2 fully saturated rings. The van der Waals surface area contributed by atoms with Crippen LogP contribution in [0.3, 0.4) is 0 Å². The molecular weight excluding hydrogens is 414 g/mol. The van der Waals surface area contributed by atoms with E-state index in [4.69, 9.17) is 0 Å². The Balaban J connectivity index is 2.06. The average molecular weight is 447 g/mol. The number of alkyl halides is 2. The molecule has 0 spiro atoms. The van der Waals surface area contributed by atoms with Crippen molar-refractivity contribution in [2.75, 3.05) is 0 Å². The van der Waals surface area contributed by atoms with E-state index in [2.05, 4.69) is 0 Å². The van der Waals surface area contributed by atoms with E-state index >= 15 is 0 Å². The summed E-state index contributed by atoms with van der Waals surface area (Å²) in [6, 6.07) is 0. The largest absolute Gasteiger partial charge is 0.300 e. The van der Waals surface area contributed by atoms with Crippen LogP contribution in [0.25, 0.3) is 0 Å². The lowest BCUT2D eigenvalue weighted by molar-refractivity contribution is 0.120. The minimum Gasteiger partial charge on any atom is -0.283 e. The molecule has 0 aliphatic heterocycles. The maximum absolute atomic E-state index is 15.0. The quantitative estimate of drug-likeness (QED) is 0.530. The lowest BCUT2D eigenvalue weighted by atomic mass is 9.72. The zero-order chi connectivity index (χ0) is 21.4. The molecular formula is C18H32F2O6S2. The Hall–Kier alpha value is -0.320. The summed E-state index contributed by atoms with van der Waals surface area (Å²) in [5.41, 5.74) is 0. The van der Waals surface area contributed by atoms with Crippen molar-refractivity contribution in [3.8, 4) is 0 Å². The first-order valence-corrected chi connectivity index (χ1v) is 13.0. The minimum absolute atomic E-state index is 0.0672. The fraction of sp³-hybridized carbons (Fsp3) is 1.00. The fourth-order valence-electron chi connectivity index (χ4n) is 5.33. The third-order valence-corrected chi connectivity index (χ3v) is 9.93. The summed E-state index contributed by atoms with van der Waals surface area (Å²) in [6.07, 6.45) is 3.32. The maximum Gasteiger partial charge on any atom is 0.300 e. The Bertz CT molecular complexity index is 756. The molecule has 2 aliphatic carbocycles. The van der Waals surface area contributed by atoms with Crippen molar-refractivity contribution in [1.82, 2.24) is 0 Å². The van der Waals surface area contributed by atoms with E-state index in [0.29, 0.717) is 32.1 Å². The van der Waals surface area contributed by atoms with Gasteiger partial charge >= 0.3 is 10.1 Å². The molecule has 6 atom stereocenters. The van der Waals surface area contributed by atoms with Gasteiger partial charge in [-0.3, -0.25) is 9.11 Å². The molecule has 28 heavy (non-hydrogen) atoms. The van der Waals surface area contributed by atoms with Gasteiger partial charge in [0.05, 0.1) is 0 Å². The summed E-state index contributed by atoms with van der Waals surface area (Å²) in [4.78, 5) is 0. The van der Waals surface area contributed by atoms with Crippen LogP contribution in [0.15, 0.2) is 0 Å². The monoisotopic (exact) mass is 446 g/mol. The molecule has 0 aromatic carbocycles. The summed E-state index contributed by atoms with van der Waals surface area (Å²) in [5.74, 6) is -0.773. The molecule has 0 amide bonds. The highest BCUT2D eigenvalue weighted by molar-refractivity contribution is 7.87. The Morgan fingerprint density at radius 1 is 0.857 bits per heavy atom. The molecule has 0 aromatic rings. The minimum atomic E-state index is -4.82. The zero-order valence-corrected chi connectivity index (χ0v) is 18.1. The molecule has 0 aromatic heterocycles.